The number of nitrogens with one attached hydrogen (secondary N) is 1. The van der Waals surface area contributed by atoms with Gasteiger partial charge in [0.25, 0.3) is 5.91 Å². The number of hydrogen-bond donors (Lipinski definition) is 1. The van der Waals surface area contributed by atoms with Crippen LogP contribution in [-0.4, -0.2) is 16.7 Å². The standard InChI is InChI=1S/C32H34ClN3OS/c1-20-17-22(21(2)36(20)26-14-12-24(33)13-15-26)19-34-31-29(30(37)35-25-9-7-6-8-10-25)27-16-11-23(32(3,4)5)18-28(27)38-31/h6-10,12-15,17,19,23H,11,16,18H2,1-5H3,(H,35,37)/t23-/m1/s1. The molecule has 0 fully saturated rings. The molecule has 0 saturated heterocycles. The van der Waals surface area contributed by atoms with Gasteiger partial charge in [0.2, 0.25) is 0 Å². The number of aromatic nitrogens is 1. The smallest absolute Gasteiger partial charge is 0.259 e. The number of halogens is 1. The van der Waals surface area contributed by atoms with Crippen molar-refractivity contribution in [3.8, 4) is 5.69 Å². The normalized spacial score (nSPS) is 15.6. The molecular weight excluding hydrogens is 510 g/mol. The summed E-state index contributed by atoms with van der Waals surface area (Å²) in [6, 6.07) is 19.6. The summed E-state index contributed by atoms with van der Waals surface area (Å²) in [4.78, 5) is 19.9. The minimum Gasteiger partial charge on any atom is -0.322 e. The fourth-order valence-corrected chi connectivity index (χ4v) is 6.78. The predicted molar refractivity (Wildman–Crippen MR) is 161 cm³/mol. The Morgan fingerprint density at radius 1 is 1.11 bits per heavy atom. The first kappa shape index (κ1) is 26.5. The Morgan fingerprint density at radius 3 is 2.50 bits per heavy atom. The molecular formula is C32H34ClN3OS. The molecule has 4 aromatic rings. The van der Waals surface area contributed by atoms with Crippen LogP contribution in [0.2, 0.25) is 5.02 Å². The van der Waals surface area contributed by atoms with Crippen molar-refractivity contribution in [2.24, 2.45) is 16.3 Å². The lowest BCUT2D eigenvalue weighted by Gasteiger charge is -2.33. The van der Waals surface area contributed by atoms with Gasteiger partial charge in [-0.05, 0) is 92.5 Å². The Bertz CT molecular complexity index is 1490. The van der Waals surface area contributed by atoms with Crippen LogP contribution >= 0.6 is 22.9 Å². The summed E-state index contributed by atoms with van der Waals surface area (Å²) in [6.45, 7) is 11.1. The minimum absolute atomic E-state index is 0.0818. The van der Waals surface area contributed by atoms with Crippen molar-refractivity contribution in [2.45, 2.75) is 53.9 Å². The molecule has 5 rings (SSSR count). The molecule has 1 aliphatic rings. The SMILES string of the molecule is Cc1cc(C=Nc2sc3c(c2C(=O)Nc2ccccc2)CC[C@@H](C(C)(C)C)C3)c(C)n1-c1ccc(Cl)cc1. The van der Waals surface area contributed by atoms with Crippen molar-refractivity contribution >= 4 is 45.7 Å². The highest BCUT2D eigenvalue weighted by Crippen LogP contribution is 2.45. The molecule has 0 spiro atoms. The van der Waals surface area contributed by atoms with Crippen LogP contribution in [0.1, 0.15) is 64.9 Å². The molecule has 2 aromatic carbocycles. The first-order chi connectivity index (χ1) is 18.1. The number of thiophene rings is 1. The number of carbonyl (C=O) groups is 1. The van der Waals surface area contributed by atoms with Crippen LogP contribution < -0.4 is 5.32 Å². The number of aliphatic imine (C=N–C) groups is 1. The molecule has 0 radical (unpaired) electrons. The number of anilines is 1. The predicted octanol–water partition coefficient (Wildman–Crippen LogP) is 8.96. The summed E-state index contributed by atoms with van der Waals surface area (Å²) in [5, 5.41) is 4.61. The average Bonchev–Trinajstić information content (AvgIpc) is 3.39. The highest BCUT2D eigenvalue weighted by atomic mass is 35.5. The van der Waals surface area contributed by atoms with Crippen molar-refractivity contribution in [1.82, 2.24) is 4.57 Å². The number of fused-ring (bicyclic) bond motifs is 1. The number of carbonyl (C=O) groups excluding carboxylic acids is 1. The van der Waals surface area contributed by atoms with E-state index in [1.54, 1.807) is 11.3 Å². The summed E-state index contributed by atoms with van der Waals surface area (Å²) in [5.41, 5.74) is 7.23. The van der Waals surface area contributed by atoms with Gasteiger partial charge in [-0.1, -0.05) is 50.6 Å². The topological polar surface area (TPSA) is 46.4 Å². The Kier molecular flexibility index (Phi) is 7.34. The van der Waals surface area contributed by atoms with E-state index in [0.717, 1.165) is 63.2 Å². The summed E-state index contributed by atoms with van der Waals surface area (Å²) < 4.78 is 2.20. The molecule has 0 saturated carbocycles. The van der Waals surface area contributed by atoms with Crippen molar-refractivity contribution in [3.05, 3.63) is 98.6 Å². The summed E-state index contributed by atoms with van der Waals surface area (Å²) in [7, 11) is 0. The molecule has 2 heterocycles. The third kappa shape index (κ3) is 5.36. The lowest BCUT2D eigenvalue weighted by atomic mass is 9.72. The average molecular weight is 544 g/mol. The molecule has 1 atom stereocenters. The van der Waals surface area contributed by atoms with Crippen molar-refractivity contribution < 1.29 is 4.79 Å². The molecule has 1 amide bonds. The molecule has 0 bridgehead atoms. The largest absolute Gasteiger partial charge is 0.322 e. The van der Waals surface area contributed by atoms with E-state index in [0.29, 0.717) is 5.92 Å². The molecule has 38 heavy (non-hydrogen) atoms. The fourth-order valence-electron chi connectivity index (χ4n) is 5.38. The zero-order valence-electron chi connectivity index (χ0n) is 22.6. The molecule has 1 N–H and O–H groups in total. The van der Waals surface area contributed by atoms with E-state index in [4.69, 9.17) is 16.6 Å². The van der Waals surface area contributed by atoms with Crippen LogP contribution in [0.15, 0.2) is 65.7 Å². The number of rotatable bonds is 5. The minimum atomic E-state index is -0.0818. The molecule has 2 aromatic heterocycles. The van der Waals surface area contributed by atoms with Crippen LogP contribution in [-0.2, 0) is 12.8 Å². The monoisotopic (exact) mass is 543 g/mol. The van der Waals surface area contributed by atoms with Crippen LogP contribution in [0.3, 0.4) is 0 Å². The second-order valence-electron chi connectivity index (χ2n) is 11.2. The highest BCUT2D eigenvalue weighted by molar-refractivity contribution is 7.16. The number of para-hydroxylation sites is 1. The molecule has 0 unspecified atom stereocenters. The van der Waals surface area contributed by atoms with E-state index < -0.39 is 0 Å². The Morgan fingerprint density at radius 2 is 1.82 bits per heavy atom. The van der Waals surface area contributed by atoms with E-state index in [1.807, 2.05) is 60.8 Å². The lowest BCUT2D eigenvalue weighted by molar-refractivity contribution is 0.102. The molecule has 1 aliphatic carbocycles. The zero-order chi connectivity index (χ0) is 27.0. The van der Waals surface area contributed by atoms with Crippen molar-refractivity contribution in [2.75, 3.05) is 5.32 Å². The van der Waals surface area contributed by atoms with Gasteiger partial charge in [-0.2, -0.15) is 0 Å². The second-order valence-corrected chi connectivity index (χ2v) is 12.7. The van der Waals surface area contributed by atoms with E-state index in [-0.39, 0.29) is 11.3 Å². The fraction of sp³-hybridized carbons (Fsp3) is 0.312. The maximum Gasteiger partial charge on any atom is 0.259 e. The number of benzene rings is 2. The van der Waals surface area contributed by atoms with Gasteiger partial charge < -0.3 is 9.88 Å². The third-order valence-corrected chi connectivity index (χ3v) is 9.02. The van der Waals surface area contributed by atoms with Gasteiger partial charge >= 0.3 is 0 Å². The number of nitrogens with zero attached hydrogens (tertiary/aromatic N) is 2. The van der Waals surface area contributed by atoms with E-state index in [9.17, 15) is 4.79 Å². The molecule has 196 valence electrons. The molecule has 0 aliphatic heterocycles. The number of aryl methyl sites for hydroxylation is 1. The van der Waals surface area contributed by atoms with Gasteiger partial charge in [-0.3, -0.25) is 4.79 Å². The zero-order valence-corrected chi connectivity index (χ0v) is 24.2. The van der Waals surface area contributed by atoms with Crippen LogP contribution in [0.4, 0.5) is 10.7 Å². The van der Waals surface area contributed by atoms with Gasteiger partial charge in [0.05, 0.1) is 5.56 Å². The second kappa shape index (κ2) is 10.5. The third-order valence-electron chi connectivity index (χ3n) is 7.61. The molecule has 6 heteroatoms. The maximum absolute atomic E-state index is 13.6. The Labute approximate surface area is 234 Å². The Hall–Kier alpha value is -3.15. The summed E-state index contributed by atoms with van der Waals surface area (Å²) >= 11 is 7.78. The van der Waals surface area contributed by atoms with Gasteiger partial charge in [0, 0.05) is 44.4 Å². The van der Waals surface area contributed by atoms with Gasteiger partial charge in [0.1, 0.15) is 5.00 Å². The lowest BCUT2D eigenvalue weighted by Crippen LogP contribution is -2.27. The van der Waals surface area contributed by atoms with Gasteiger partial charge in [-0.25, -0.2) is 4.99 Å². The van der Waals surface area contributed by atoms with Gasteiger partial charge in [0.15, 0.2) is 0 Å². The first-order valence-electron chi connectivity index (χ1n) is 13.1. The van der Waals surface area contributed by atoms with E-state index in [1.165, 1.54) is 10.4 Å². The van der Waals surface area contributed by atoms with Crippen LogP contribution in [0.25, 0.3) is 5.69 Å². The van der Waals surface area contributed by atoms with Gasteiger partial charge in [-0.15, -0.1) is 11.3 Å². The molecule has 4 nitrogen and oxygen atoms in total. The summed E-state index contributed by atoms with van der Waals surface area (Å²) in [6.07, 6.45) is 4.90. The highest BCUT2D eigenvalue weighted by Gasteiger charge is 2.33. The van der Waals surface area contributed by atoms with Crippen molar-refractivity contribution in [1.29, 1.82) is 0 Å². The van der Waals surface area contributed by atoms with Crippen molar-refractivity contribution in [3.63, 3.8) is 0 Å². The van der Waals surface area contributed by atoms with Crippen LogP contribution in [0.5, 0.6) is 0 Å². The van der Waals surface area contributed by atoms with E-state index >= 15 is 0 Å². The quantitative estimate of drug-likeness (QED) is 0.251. The Balaban J connectivity index is 1.52. The first-order valence-corrected chi connectivity index (χ1v) is 14.3. The van der Waals surface area contributed by atoms with E-state index in [2.05, 4.69) is 50.6 Å². The maximum atomic E-state index is 13.6. The number of hydrogen-bond acceptors (Lipinski definition) is 3. The van der Waals surface area contributed by atoms with Crippen LogP contribution in [0, 0.1) is 25.2 Å². The summed E-state index contributed by atoms with van der Waals surface area (Å²) in [5.74, 6) is 0.510. The number of amides is 1.